The zero-order valence-electron chi connectivity index (χ0n) is 24.4. The minimum Gasteiger partial charge on any atom is -0.497 e. The number of halogens is 1. The van der Waals surface area contributed by atoms with Crippen LogP contribution in [0.3, 0.4) is 0 Å². The van der Waals surface area contributed by atoms with Crippen molar-refractivity contribution in [2.45, 2.75) is 43.6 Å². The molecular weight excluding hydrogens is 588 g/mol. The Labute approximate surface area is 257 Å². The monoisotopic (exact) mass is 622 g/mol. The maximum absolute atomic E-state index is 13.7. The third kappa shape index (κ3) is 7.27. The maximum atomic E-state index is 13.7. The van der Waals surface area contributed by atoms with Gasteiger partial charge in [0.05, 0.1) is 30.3 Å². The van der Waals surface area contributed by atoms with Crippen LogP contribution in [0.1, 0.15) is 38.2 Å². The van der Waals surface area contributed by atoms with E-state index in [1.165, 1.54) is 29.8 Å². The average molecular weight is 623 g/mol. The molecule has 1 amide bonds. The molecular formula is C32H35ClN4O5S. The summed E-state index contributed by atoms with van der Waals surface area (Å²) >= 11 is 6.00. The molecule has 0 bridgehead atoms. The van der Waals surface area contributed by atoms with E-state index in [9.17, 15) is 13.2 Å². The second-order valence-electron chi connectivity index (χ2n) is 10.7. The number of anilines is 1. The van der Waals surface area contributed by atoms with Gasteiger partial charge in [-0.25, -0.2) is 13.4 Å². The van der Waals surface area contributed by atoms with Gasteiger partial charge in [-0.2, -0.15) is 4.31 Å². The van der Waals surface area contributed by atoms with Gasteiger partial charge in [-0.05, 0) is 85.0 Å². The standard InChI is InChI=1S/C32H35ClN4O5S/c1-22(2)23-6-12-26(13-7-23)37-20-30(24-8-14-27(41-3)15-9-24)34-32(37)35-31(38)21-36(19-28-5-4-18-42-28)43(39,40)29-16-10-25(33)11-17-29/h6-17,20,22,28H,4-5,18-19,21H2,1-3H3,(H,34,35,38). The van der Waals surface area contributed by atoms with E-state index in [1.807, 2.05) is 54.7 Å². The molecule has 1 saturated heterocycles. The number of nitrogens with one attached hydrogen (secondary N) is 1. The van der Waals surface area contributed by atoms with Crippen LogP contribution in [0.2, 0.25) is 5.02 Å². The fraction of sp³-hybridized carbons (Fsp3) is 0.312. The number of benzene rings is 3. The number of hydrogen-bond donors (Lipinski definition) is 1. The summed E-state index contributed by atoms with van der Waals surface area (Å²) in [5, 5.41) is 3.29. The lowest BCUT2D eigenvalue weighted by Crippen LogP contribution is -2.42. The van der Waals surface area contributed by atoms with Crippen molar-refractivity contribution < 1.29 is 22.7 Å². The van der Waals surface area contributed by atoms with Gasteiger partial charge in [0.2, 0.25) is 21.9 Å². The Bertz CT molecular complexity index is 1650. The van der Waals surface area contributed by atoms with E-state index >= 15 is 0 Å². The molecule has 2 heterocycles. The molecule has 11 heteroatoms. The van der Waals surface area contributed by atoms with Gasteiger partial charge in [0, 0.05) is 35.6 Å². The quantitative estimate of drug-likeness (QED) is 0.216. The minimum atomic E-state index is -4.02. The van der Waals surface area contributed by atoms with Gasteiger partial charge < -0.3 is 9.47 Å². The normalized spacial score (nSPS) is 15.3. The number of sulfonamides is 1. The van der Waals surface area contributed by atoms with Crippen LogP contribution in [0.25, 0.3) is 16.9 Å². The van der Waals surface area contributed by atoms with Crippen LogP contribution in [0.5, 0.6) is 5.75 Å². The predicted octanol–water partition coefficient (Wildman–Crippen LogP) is 6.13. The topological polar surface area (TPSA) is 103 Å². The summed E-state index contributed by atoms with van der Waals surface area (Å²) < 4.78 is 41.3. The van der Waals surface area contributed by atoms with E-state index in [-0.39, 0.29) is 23.5 Å². The van der Waals surface area contributed by atoms with Crippen molar-refractivity contribution in [1.82, 2.24) is 13.9 Å². The van der Waals surface area contributed by atoms with Crippen LogP contribution in [0, 0.1) is 0 Å². The molecule has 1 atom stereocenters. The van der Waals surface area contributed by atoms with E-state index in [1.54, 1.807) is 11.7 Å². The number of amides is 1. The minimum absolute atomic E-state index is 0.0521. The third-order valence-electron chi connectivity index (χ3n) is 7.38. The van der Waals surface area contributed by atoms with Crippen LogP contribution >= 0.6 is 11.6 Å². The van der Waals surface area contributed by atoms with Crippen molar-refractivity contribution in [3.63, 3.8) is 0 Å². The van der Waals surface area contributed by atoms with Crippen molar-refractivity contribution in [3.8, 4) is 22.7 Å². The van der Waals surface area contributed by atoms with E-state index in [2.05, 4.69) is 19.2 Å². The Morgan fingerprint density at radius 2 is 1.79 bits per heavy atom. The molecule has 1 aliphatic heterocycles. The maximum Gasteiger partial charge on any atom is 0.243 e. The lowest BCUT2D eigenvalue weighted by Gasteiger charge is -2.24. The highest BCUT2D eigenvalue weighted by Crippen LogP contribution is 2.28. The number of aromatic nitrogens is 2. The molecule has 1 aromatic heterocycles. The first-order valence-electron chi connectivity index (χ1n) is 14.2. The second kappa shape index (κ2) is 13.3. The first kappa shape index (κ1) is 30.7. The summed E-state index contributed by atoms with van der Waals surface area (Å²) in [6, 6.07) is 21.4. The number of ether oxygens (including phenoxy) is 2. The van der Waals surface area contributed by atoms with Crippen molar-refractivity contribution in [1.29, 1.82) is 0 Å². The Kier molecular flexibility index (Phi) is 9.51. The van der Waals surface area contributed by atoms with E-state index in [0.29, 0.717) is 29.0 Å². The number of hydrogen-bond acceptors (Lipinski definition) is 6. The van der Waals surface area contributed by atoms with Gasteiger partial charge in [0.25, 0.3) is 0 Å². The number of imidazole rings is 1. The van der Waals surface area contributed by atoms with Crippen LogP contribution in [-0.2, 0) is 19.6 Å². The Balaban J connectivity index is 1.45. The van der Waals surface area contributed by atoms with Gasteiger partial charge in [0.1, 0.15) is 5.75 Å². The summed E-state index contributed by atoms with van der Waals surface area (Å²) in [5.74, 6) is 0.828. The van der Waals surface area contributed by atoms with Gasteiger partial charge in [0.15, 0.2) is 0 Å². The highest BCUT2D eigenvalue weighted by molar-refractivity contribution is 7.89. The van der Waals surface area contributed by atoms with Crippen LogP contribution in [-0.4, -0.2) is 61.1 Å². The van der Waals surface area contributed by atoms with Crippen LogP contribution in [0.4, 0.5) is 5.95 Å². The molecule has 9 nitrogen and oxygen atoms in total. The first-order valence-corrected chi connectivity index (χ1v) is 16.0. The van der Waals surface area contributed by atoms with Crippen molar-refractivity contribution in [2.24, 2.45) is 0 Å². The molecule has 1 unspecified atom stereocenters. The fourth-order valence-electron chi connectivity index (χ4n) is 4.93. The Morgan fingerprint density at radius 3 is 2.40 bits per heavy atom. The summed E-state index contributed by atoms with van der Waals surface area (Å²) in [5.41, 5.74) is 3.45. The highest BCUT2D eigenvalue weighted by Gasteiger charge is 2.31. The summed E-state index contributed by atoms with van der Waals surface area (Å²) in [4.78, 5) is 18.3. The smallest absolute Gasteiger partial charge is 0.243 e. The highest BCUT2D eigenvalue weighted by atomic mass is 35.5. The Morgan fingerprint density at radius 1 is 1.09 bits per heavy atom. The molecule has 0 aliphatic carbocycles. The molecule has 1 aliphatic rings. The number of nitrogens with zero attached hydrogens (tertiary/aromatic N) is 3. The molecule has 0 saturated carbocycles. The second-order valence-corrected chi connectivity index (χ2v) is 13.1. The zero-order valence-corrected chi connectivity index (χ0v) is 25.9. The van der Waals surface area contributed by atoms with E-state index in [4.69, 9.17) is 26.1 Å². The van der Waals surface area contributed by atoms with Gasteiger partial charge >= 0.3 is 0 Å². The van der Waals surface area contributed by atoms with Gasteiger partial charge in [-0.3, -0.25) is 14.7 Å². The molecule has 0 spiro atoms. The molecule has 1 fully saturated rings. The summed E-state index contributed by atoms with van der Waals surface area (Å²) in [6.07, 6.45) is 3.11. The molecule has 5 rings (SSSR count). The van der Waals surface area contributed by atoms with Crippen LogP contribution < -0.4 is 10.1 Å². The van der Waals surface area contributed by atoms with Crippen molar-refractivity contribution in [3.05, 3.63) is 89.6 Å². The van der Waals surface area contributed by atoms with Gasteiger partial charge in [-0.15, -0.1) is 0 Å². The summed E-state index contributed by atoms with van der Waals surface area (Å²) in [6.45, 7) is 4.45. The lowest BCUT2D eigenvalue weighted by molar-refractivity contribution is -0.116. The molecule has 43 heavy (non-hydrogen) atoms. The predicted molar refractivity (Wildman–Crippen MR) is 167 cm³/mol. The largest absolute Gasteiger partial charge is 0.497 e. The molecule has 226 valence electrons. The first-order chi connectivity index (χ1) is 20.6. The molecule has 1 N–H and O–H groups in total. The zero-order chi connectivity index (χ0) is 30.6. The number of carbonyl (C=O) groups is 1. The SMILES string of the molecule is COc1ccc(-c2cn(-c3ccc(C(C)C)cc3)c(NC(=O)CN(CC3CCCO3)S(=O)(=O)c3ccc(Cl)cc3)n2)cc1. The fourth-order valence-corrected chi connectivity index (χ4v) is 6.48. The number of rotatable bonds is 11. The van der Waals surface area contributed by atoms with E-state index < -0.39 is 22.5 Å². The van der Waals surface area contributed by atoms with Gasteiger partial charge in [-0.1, -0.05) is 37.6 Å². The summed E-state index contributed by atoms with van der Waals surface area (Å²) in [7, 11) is -2.41. The number of methoxy groups -OCH3 is 1. The number of carbonyl (C=O) groups excluding carboxylic acids is 1. The lowest BCUT2D eigenvalue weighted by atomic mass is 10.0. The Hall–Kier alpha value is -3.70. The molecule has 3 aromatic carbocycles. The van der Waals surface area contributed by atoms with Crippen molar-refractivity contribution >= 4 is 33.5 Å². The van der Waals surface area contributed by atoms with Crippen LogP contribution in [0.15, 0.2) is 83.9 Å². The molecule has 4 aromatic rings. The van der Waals surface area contributed by atoms with E-state index in [0.717, 1.165) is 28.4 Å². The molecule has 0 radical (unpaired) electrons. The van der Waals surface area contributed by atoms with Crippen molar-refractivity contribution in [2.75, 3.05) is 32.1 Å². The average Bonchev–Trinajstić information content (AvgIpc) is 3.67. The third-order valence-corrected chi connectivity index (χ3v) is 9.46.